The highest BCUT2D eigenvalue weighted by molar-refractivity contribution is 5.97. The van der Waals surface area contributed by atoms with E-state index in [4.69, 9.17) is 14.2 Å². The SMILES string of the molecule is CCCOc1ccccc1OCC(=O)O[C@H](C)C(=O)Nc1ccc(C(C)=O)cc1. The second kappa shape index (κ2) is 10.8. The van der Waals surface area contributed by atoms with E-state index in [1.54, 1.807) is 42.5 Å². The summed E-state index contributed by atoms with van der Waals surface area (Å²) in [5, 5.41) is 2.63. The summed E-state index contributed by atoms with van der Waals surface area (Å²) in [7, 11) is 0. The van der Waals surface area contributed by atoms with E-state index < -0.39 is 18.0 Å². The molecule has 0 aliphatic heterocycles. The lowest BCUT2D eigenvalue weighted by atomic mass is 10.1. The molecule has 154 valence electrons. The smallest absolute Gasteiger partial charge is 0.344 e. The molecule has 0 unspecified atom stereocenters. The van der Waals surface area contributed by atoms with Gasteiger partial charge in [0.1, 0.15) is 0 Å². The largest absolute Gasteiger partial charge is 0.490 e. The van der Waals surface area contributed by atoms with Crippen molar-refractivity contribution in [1.29, 1.82) is 0 Å². The van der Waals surface area contributed by atoms with Crippen LogP contribution in [-0.4, -0.2) is 37.0 Å². The van der Waals surface area contributed by atoms with Crippen molar-refractivity contribution in [2.75, 3.05) is 18.5 Å². The number of ketones is 1. The minimum absolute atomic E-state index is 0.0631. The van der Waals surface area contributed by atoms with Gasteiger partial charge in [0.05, 0.1) is 6.61 Å². The van der Waals surface area contributed by atoms with E-state index in [0.717, 1.165) is 6.42 Å². The molecule has 29 heavy (non-hydrogen) atoms. The normalized spacial score (nSPS) is 11.3. The van der Waals surface area contributed by atoms with Gasteiger partial charge in [-0.15, -0.1) is 0 Å². The number of ether oxygens (including phenoxy) is 3. The molecular weight excluding hydrogens is 374 g/mol. The number of hydrogen-bond acceptors (Lipinski definition) is 6. The number of carbonyl (C=O) groups excluding carboxylic acids is 3. The van der Waals surface area contributed by atoms with E-state index in [-0.39, 0.29) is 12.4 Å². The highest BCUT2D eigenvalue weighted by Gasteiger charge is 2.19. The molecule has 0 aliphatic rings. The third-order valence-corrected chi connectivity index (χ3v) is 3.89. The van der Waals surface area contributed by atoms with Crippen molar-refractivity contribution in [2.45, 2.75) is 33.3 Å². The third-order valence-electron chi connectivity index (χ3n) is 3.89. The standard InChI is InChI=1S/C22H25NO6/c1-4-13-27-19-7-5-6-8-20(19)28-14-21(25)29-16(3)22(26)23-18-11-9-17(10-12-18)15(2)24/h5-12,16H,4,13-14H2,1-3H3,(H,23,26)/t16-/m1/s1. The zero-order valence-electron chi connectivity index (χ0n) is 16.8. The summed E-state index contributed by atoms with van der Waals surface area (Å²) in [6.07, 6.45) is -0.161. The molecule has 0 aliphatic carbocycles. The number of benzene rings is 2. The molecule has 0 heterocycles. The maximum absolute atomic E-state index is 12.2. The summed E-state index contributed by atoms with van der Waals surface area (Å²) in [6, 6.07) is 13.5. The quantitative estimate of drug-likeness (QED) is 0.485. The van der Waals surface area contributed by atoms with Crippen LogP contribution in [0, 0.1) is 0 Å². The van der Waals surface area contributed by atoms with Crippen molar-refractivity contribution >= 4 is 23.3 Å². The van der Waals surface area contributed by atoms with Crippen LogP contribution >= 0.6 is 0 Å². The Balaban J connectivity index is 1.84. The Kier molecular flexibility index (Phi) is 8.21. The van der Waals surface area contributed by atoms with Gasteiger partial charge in [0.2, 0.25) is 0 Å². The first kappa shape index (κ1) is 21.9. The lowest BCUT2D eigenvalue weighted by molar-refractivity contribution is -0.155. The van der Waals surface area contributed by atoms with Crippen molar-refractivity contribution in [1.82, 2.24) is 0 Å². The van der Waals surface area contributed by atoms with Crippen LogP contribution in [0.25, 0.3) is 0 Å². The highest BCUT2D eigenvalue weighted by Crippen LogP contribution is 2.26. The zero-order valence-corrected chi connectivity index (χ0v) is 16.8. The Morgan fingerprint density at radius 3 is 2.17 bits per heavy atom. The molecule has 0 fully saturated rings. The summed E-state index contributed by atoms with van der Waals surface area (Å²) in [5.41, 5.74) is 1.05. The predicted octanol–water partition coefficient (Wildman–Crippen LogP) is 3.63. The van der Waals surface area contributed by atoms with Crippen molar-refractivity contribution < 1.29 is 28.6 Å². The van der Waals surface area contributed by atoms with Gasteiger partial charge in [-0.3, -0.25) is 9.59 Å². The van der Waals surface area contributed by atoms with E-state index in [2.05, 4.69) is 5.32 Å². The number of hydrogen-bond donors (Lipinski definition) is 1. The summed E-state index contributed by atoms with van der Waals surface area (Å²) < 4.78 is 16.2. The van der Waals surface area contributed by atoms with E-state index >= 15 is 0 Å². The highest BCUT2D eigenvalue weighted by atomic mass is 16.6. The van der Waals surface area contributed by atoms with Gasteiger partial charge in [-0.05, 0) is 56.7 Å². The number of amides is 1. The number of carbonyl (C=O) groups is 3. The van der Waals surface area contributed by atoms with Crippen LogP contribution in [0.1, 0.15) is 37.6 Å². The summed E-state index contributed by atoms with van der Waals surface area (Å²) in [4.78, 5) is 35.5. The molecule has 1 atom stereocenters. The number of anilines is 1. The lowest BCUT2D eigenvalue weighted by Crippen LogP contribution is -2.31. The predicted molar refractivity (Wildman–Crippen MR) is 108 cm³/mol. The van der Waals surface area contributed by atoms with Crippen LogP contribution in [0.2, 0.25) is 0 Å². The molecule has 0 spiro atoms. The van der Waals surface area contributed by atoms with Crippen LogP contribution in [0.4, 0.5) is 5.69 Å². The summed E-state index contributed by atoms with van der Waals surface area (Å²) >= 11 is 0. The fourth-order valence-electron chi connectivity index (χ4n) is 2.35. The Morgan fingerprint density at radius 1 is 0.966 bits per heavy atom. The Labute approximate surface area is 170 Å². The Morgan fingerprint density at radius 2 is 1.59 bits per heavy atom. The first-order chi connectivity index (χ1) is 13.9. The summed E-state index contributed by atoms with van der Waals surface area (Å²) in [6.45, 7) is 5.11. The van der Waals surface area contributed by atoms with Gasteiger partial charge in [0.25, 0.3) is 5.91 Å². The zero-order chi connectivity index (χ0) is 21.2. The molecule has 2 aromatic rings. The average Bonchev–Trinajstić information content (AvgIpc) is 2.71. The van der Waals surface area contributed by atoms with Gasteiger partial charge in [-0.2, -0.15) is 0 Å². The first-order valence-corrected chi connectivity index (χ1v) is 9.36. The van der Waals surface area contributed by atoms with Crippen LogP contribution in [0.15, 0.2) is 48.5 Å². The number of Topliss-reactive ketones (excluding diaryl/α,β-unsaturated/α-hetero) is 1. The third kappa shape index (κ3) is 6.95. The van der Waals surface area contributed by atoms with Gasteiger partial charge in [0.15, 0.2) is 30.0 Å². The molecule has 1 N–H and O–H groups in total. The molecule has 0 saturated heterocycles. The molecule has 0 radical (unpaired) electrons. The molecule has 7 nitrogen and oxygen atoms in total. The fraction of sp³-hybridized carbons (Fsp3) is 0.318. The maximum Gasteiger partial charge on any atom is 0.344 e. The minimum Gasteiger partial charge on any atom is -0.490 e. The second-order valence-electron chi connectivity index (χ2n) is 6.34. The molecule has 1 amide bonds. The summed E-state index contributed by atoms with van der Waals surface area (Å²) in [5.74, 6) is -0.250. The molecule has 2 rings (SSSR count). The van der Waals surface area contributed by atoms with E-state index in [9.17, 15) is 14.4 Å². The van der Waals surface area contributed by atoms with Crippen molar-refractivity contribution in [3.63, 3.8) is 0 Å². The van der Waals surface area contributed by atoms with Crippen LogP contribution in [0.3, 0.4) is 0 Å². The maximum atomic E-state index is 12.2. The number of nitrogens with one attached hydrogen (secondary N) is 1. The van der Waals surface area contributed by atoms with E-state index in [1.807, 2.05) is 13.0 Å². The van der Waals surface area contributed by atoms with Crippen LogP contribution < -0.4 is 14.8 Å². The molecule has 2 aromatic carbocycles. The first-order valence-electron chi connectivity index (χ1n) is 9.36. The monoisotopic (exact) mass is 399 g/mol. The van der Waals surface area contributed by atoms with Gasteiger partial charge in [-0.1, -0.05) is 19.1 Å². The molecule has 0 aromatic heterocycles. The van der Waals surface area contributed by atoms with Gasteiger partial charge >= 0.3 is 5.97 Å². The minimum atomic E-state index is -1.01. The van der Waals surface area contributed by atoms with Gasteiger partial charge in [0, 0.05) is 11.3 Å². The Hall–Kier alpha value is -3.35. The van der Waals surface area contributed by atoms with E-state index in [0.29, 0.717) is 29.4 Å². The number of esters is 1. The lowest BCUT2D eigenvalue weighted by Gasteiger charge is -2.15. The Bertz CT molecular complexity index is 847. The average molecular weight is 399 g/mol. The number of rotatable bonds is 10. The molecule has 0 saturated carbocycles. The van der Waals surface area contributed by atoms with Crippen molar-refractivity contribution in [3.05, 3.63) is 54.1 Å². The molecule has 0 bridgehead atoms. The van der Waals surface area contributed by atoms with Crippen LogP contribution in [0.5, 0.6) is 11.5 Å². The molecule has 7 heteroatoms. The van der Waals surface area contributed by atoms with Crippen LogP contribution in [-0.2, 0) is 14.3 Å². The van der Waals surface area contributed by atoms with Crippen molar-refractivity contribution in [2.24, 2.45) is 0 Å². The van der Waals surface area contributed by atoms with Gasteiger partial charge < -0.3 is 19.5 Å². The number of para-hydroxylation sites is 2. The second-order valence-corrected chi connectivity index (χ2v) is 6.34. The molecular formula is C22H25NO6. The van der Waals surface area contributed by atoms with Gasteiger partial charge in [-0.25, -0.2) is 4.79 Å². The fourth-order valence-corrected chi connectivity index (χ4v) is 2.35. The topological polar surface area (TPSA) is 90.9 Å². The van der Waals surface area contributed by atoms with Crippen molar-refractivity contribution in [3.8, 4) is 11.5 Å². The van der Waals surface area contributed by atoms with E-state index in [1.165, 1.54) is 13.8 Å².